The first-order valence-corrected chi connectivity index (χ1v) is 13.6. The molecule has 2 aromatic rings. The molecule has 3 rings (SSSR count). The summed E-state index contributed by atoms with van der Waals surface area (Å²) in [6.45, 7) is -0.417. The van der Waals surface area contributed by atoms with Crippen LogP contribution in [0.5, 0.6) is 0 Å². The average molecular weight is 527 g/mol. The van der Waals surface area contributed by atoms with Gasteiger partial charge >= 0.3 is 23.5 Å². The number of nitrogen functional groups attached to an aromatic ring is 1. The molecule has 8 N–H and O–H groups in total. The van der Waals surface area contributed by atoms with E-state index >= 15 is 0 Å². The van der Waals surface area contributed by atoms with Crippen molar-refractivity contribution in [2.24, 2.45) is 5.73 Å². The smallest absolute Gasteiger partial charge is 0.383 e. The Hall–Kier alpha value is -1.69. The Balaban J connectivity index is 1.68. The predicted octanol–water partition coefficient (Wildman–Crippen LogP) is 0.345. The zero-order valence-electron chi connectivity index (χ0n) is 16.6. The van der Waals surface area contributed by atoms with Crippen molar-refractivity contribution in [3.05, 3.63) is 18.1 Å². The van der Waals surface area contributed by atoms with E-state index in [0.717, 1.165) is 0 Å². The summed E-state index contributed by atoms with van der Waals surface area (Å²) in [5.41, 5.74) is 12.4. The van der Waals surface area contributed by atoms with Crippen LogP contribution in [0.15, 0.2) is 12.5 Å². The van der Waals surface area contributed by atoms with Crippen LogP contribution in [0, 0.1) is 11.8 Å². The minimum atomic E-state index is -5.59. The minimum Gasteiger partial charge on any atom is -0.383 e. The van der Waals surface area contributed by atoms with E-state index in [1.807, 2.05) is 0 Å². The van der Waals surface area contributed by atoms with Gasteiger partial charge < -0.3 is 40.3 Å². The molecule has 33 heavy (non-hydrogen) atoms. The third kappa shape index (κ3) is 6.91. The van der Waals surface area contributed by atoms with Crippen molar-refractivity contribution in [1.29, 1.82) is 0 Å². The highest BCUT2D eigenvalue weighted by molar-refractivity contribution is 7.66. The molecule has 0 amide bonds. The molecule has 2 unspecified atom stereocenters. The van der Waals surface area contributed by atoms with Crippen molar-refractivity contribution in [3.8, 4) is 11.8 Å². The van der Waals surface area contributed by atoms with Gasteiger partial charge in [-0.15, -0.1) is 0 Å². The van der Waals surface area contributed by atoms with Gasteiger partial charge in [0.05, 0.1) is 30.2 Å². The standard InChI is InChI=1S/C14H20N5O11P3/c15-5-1-2-9-6-19(14-12(9)13(16)17-8-18-14)11-4-3-10(28-11)7-27-32(23,24)30-33(25,26)29-31(20,21)22/h6,8,10-11H,3-5,7,15H2,(H,23,24)(H,25,26)(H2,16,17,18)(H2,20,21,22)/t10-,11+/m0/s1. The summed E-state index contributed by atoms with van der Waals surface area (Å²) in [6.07, 6.45) is 2.40. The molecular formula is C14H20N5O11P3. The van der Waals surface area contributed by atoms with E-state index in [9.17, 15) is 23.5 Å². The number of anilines is 1. The number of ether oxygens (including phenoxy) is 1. The zero-order valence-corrected chi connectivity index (χ0v) is 19.3. The first kappa shape index (κ1) is 25.9. The minimum absolute atomic E-state index is 0.128. The SMILES string of the molecule is NCC#Cc1cn([C@H]2CC[C@@H](COP(=O)(O)OP(=O)(O)OP(=O)(O)O)O2)c2ncnc(N)c12. The number of aromatic nitrogens is 3. The molecule has 0 aromatic carbocycles. The molecule has 3 heterocycles. The van der Waals surface area contributed by atoms with Crippen molar-refractivity contribution in [3.63, 3.8) is 0 Å². The van der Waals surface area contributed by atoms with Crippen LogP contribution in [-0.2, 0) is 31.6 Å². The zero-order chi connectivity index (χ0) is 24.4. The maximum absolute atomic E-state index is 11.9. The fourth-order valence-corrected chi connectivity index (χ4v) is 6.11. The second kappa shape index (κ2) is 9.89. The van der Waals surface area contributed by atoms with Crippen LogP contribution >= 0.6 is 23.5 Å². The number of phosphoric ester groups is 1. The highest BCUT2D eigenvalue weighted by Crippen LogP contribution is 2.66. The van der Waals surface area contributed by atoms with Gasteiger partial charge in [0, 0.05) is 6.20 Å². The Morgan fingerprint density at radius 2 is 1.88 bits per heavy atom. The highest BCUT2D eigenvalue weighted by Gasteiger charge is 2.41. The Morgan fingerprint density at radius 3 is 2.55 bits per heavy atom. The molecule has 182 valence electrons. The summed E-state index contributed by atoms with van der Waals surface area (Å²) in [4.78, 5) is 44.0. The fraction of sp³-hybridized carbons (Fsp3) is 0.429. The lowest BCUT2D eigenvalue weighted by atomic mass is 10.2. The van der Waals surface area contributed by atoms with Gasteiger partial charge in [0.1, 0.15) is 24.0 Å². The Kier molecular flexibility index (Phi) is 7.77. The summed E-state index contributed by atoms with van der Waals surface area (Å²) in [6, 6.07) is 0. The maximum Gasteiger partial charge on any atom is 0.490 e. The van der Waals surface area contributed by atoms with Gasteiger partial charge in [-0.2, -0.15) is 8.62 Å². The second-order valence-corrected chi connectivity index (χ2v) is 11.0. The van der Waals surface area contributed by atoms with Gasteiger partial charge in [-0.25, -0.2) is 23.7 Å². The van der Waals surface area contributed by atoms with Crippen LogP contribution in [-0.4, -0.2) is 53.4 Å². The van der Waals surface area contributed by atoms with E-state index in [0.29, 0.717) is 29.4 Å². The summed E-state index contributed by atoms with van der Waals surface area (Å²) in [7, 11) is -16.3. The second-order valence-electron chi connectivity index (χ2n) is 6.59. The number of nitrogens with zero attached hydrogens (tertiary/aromatic N) is 3. The number of nitrogens with two attached hydrogens (primary N) is 2. The van der Waals surface area contributed by atoms with Gasteiger partial charge in [0.2, 0.25) is 0 Å². The largest absolute Gasteiger partial charge is 0.490 e. The van der Waals surface area contributed by atoms with E-state index in [2.05, 4.69) is 35.0 Å². The molecule has 1 saturated heterocycles. The number of phosphoric acid groups is 3. The number of rotatable bonds is 8. The van der Waals surface area contributed by atoms with E-state index in [1.165, 1.54) is 6.33 Å². The van der Waals surface area contributed by atoms with Crippen molar-refractivity contribution in [1.82, 2.24) is 14.5 Å². The predicted molar refractivity (Wildman–Crippen MR) is 111 cm³/mol. The van der Waals surface area contributed by atoms with E-state index in [-0.39, 0.29) is 12.4 Å². The molecule has 2 aromatic heterocycles. The fourth-order valence-electron chi connectivity index (χ4n) is 3.06. The first-order valence-electron chi connectivity index (χ1n) is 9.04. The summed E-state index contributed by atoms with van der Waals surface area (Å²) in [5, 5.41) is 0.513. The lowest BCUT2D eigenvalue weighted by molar-refractivity contribution is -0.0202. The molecule has 19 heteroatoms. The monoisotopic (exact) mass is 527 g/mol. The molecule has 0 spiro atoms. The number of hydrogen-bond acceptors (Lipinski definition) is 11. The van der Waals surface area contributed by atoms with Gasteiger partial charge in [0.25, 0.3) is 0 Å². The van der Waals surface area contributed by atoms with Crippen LogP contribution in [0.4, 0.5) is 5.82 Å². The quantitative estimate of drug-likeness (QED) is 0.200. The van der Waals surface area contributed by atoms with Crippen molar-refractivity contribution in [2.45, 2.75) is 25.2 Å². The Labute approximate surface area is 186 Å². The third-order valence-electron chi connectivity index (χ3n) is 4.20. The summed E-state index contributed by atoms with van der Waals surface area (Å²) >= 11 is 0. The molecule has 0 bridgehead atoms. The Bertz CT molecular complexity index is 1230. The molecule has 0 radical (unpaired) electrons. The molecular weight excluding hydrogens is 507 g/mol. The molecule has 0 saturated carbocycles. The van der Waals surface area contributed by atoms with Crippen LogP contribution in [0.2, 0.25) is 0 Å². The van der Waals surface area contributed by atoms with Crippen molar-refractivity contribution in [2.75, 3.05) is 18.9 Å². The third-order valence-corrected chi connectivity index (χ3v) is 8.00. The maximum atomic E-state index is 11.9. The molecule has 1 fully saturated rings. The lowest BCUT2D eigenvalue weighted by Crippen LogP contribution is -2.16. The van der Waals surface area contributed by atoms with Gasteiger partial charge in [0.15, 0.2) is 0 Å². The van der Waals surface area contributed by atoms with E-state index in [4.69, 9.17) is 26.0 Å². The van der Waals surface area contributed by atoms with Gasteiger partial charge in [-0.1, -0.05) is 11.8 Å². The number of hydrogen-bond donors (Lipinski definition) is 6. The lowest BCUT2D eigenvalue weighted by Gasteiger charge is -2.19. The van der Waals surface area contributed by atoms with Crippen molar-refractivity contribution < 1.29 is 51.2 Å². The van der Waals surface area contributed by atoms with Gasteiger partial charge in [-0.05, 0) is 12.8 Å². The highest BCUT2D eigenvalue weighted by atomic mass is 31.3. The summed E-state index contributed by atoms with van der Waals surface area (Å²) < 4.78 is 53.3. The number of fused-ring (bicyclic) bond motifs is 1. The average Bonchev–Trinajstić information content (AvgIpc) is 3.27. The Morgan fingerprint density at radius 1 is 1.15 bits per heavy atom. The molecule has 1 aliphatic heterocycles. The van der Waals surface area contributed by atoms with E-state index < -0.39 is 42.4 Å². The normalized spacial score (nSPS) is 22.5. The van der Waals surface area contributed by atoms with Crippen molar-refractivity contribution >= 4 is 40.3 Å². The topological polar surface area (TPSA) is 252 Å². The molecule has 4 atom stereocenters. The van der Waals surface area contributed by atoms with Crippen LogP contribution in [0.25, 0.3) is 11.0 Å². The van der Waals surface area contributed by atoms with Crippen LogP contribution in [0.3, 0.4) is 0 Å². The molecule has 1 aliphatic rings. The summed E-state index contributed by atoms with van der Waals surface area (Å²) in [5.74, 6) is 5.82. The van der Waals surface area contributed by atoms with Gasteiger partial charge in [-0.3, -0.25) is 4.52 Å². The molecule has 0 aliphatic carbocycles. The van der Waals surface area contributed by atoms with Crippen LogP contribution in [0.1, 0.15) is 24.6 Å². The first-order chi connectivity index (χ1) is 15.3. The van der Waals surface area contributed by atoms with Crippen LogP contribution < -0.4 is 11.5 Å². The molecule has 16 nitrogen and oxygen atoms in total. The van der Waals surface area contributed by atoms with E-state index in [1.54, 1.807) is 10.8 Å².